The molecule has 24 heavy (non-hydrogen) atoms. The molecule has 0 N–H and O–H groups in total. The monoisotopic (exact) mass is 323 g/mol. The lowest BCUT2D eigenvalue weighted by Gasteiger charge is -2.35. The van der Waals surface area contributed by atoms with Gasteiger partial charge in [-0.15, -0.1) is 0 Å². The Morgan fingerprint density at radius 2 is 1.58 bits per heavy atom. The summed E-state index contributed by atoms with van der Waals surface area (Å²) in [7, 11) is 0. The fourth-order valence-electron chi connectivity index (χ4n) is 3.17. The van der Waals surface area contributed by atoms with Gasteiger partial charge in [-0.2, -0.15) is 9.38 Å². The maximum absolute atomic E-state index is 11.5. The van der Waals surface area contributed by atoms with Gasteiger partial charge in [-0.25, -0.2) is 0 Å². The summed E-state index contributed by atoms with van der Waals surface area (Å²) in [4.78, 5) is 20.0. The van der Waals surface area contributed by atoms with Crippen LogP contribution < -0.4 is 9.80 Å². The molecule has 0 unspecified atom stereocenters. The van der Waals surface area contributed by atoms with E-state index in [2.05, 4.69) is 22.0 Å². The number of nitro groups is 1. The highest BCUT2D eigenvalue weighted by Crippen LogP contribution is 2.30. The van der Waals surface area contributed by atoms with Gasteiger partial charge in [0.2, 0.25) is 11.5 Å². The van der Waals surface area contributed by atoms with Crippen molar-refractivity contribution in [2.45, 2.75) is 0 Å². The van der Waals surface area contributed by atoms with Crippen LogP contribution in [0.3, 0.4) is 0 Å². The average molecular weight is 323 g/mol. The molecule has 0 atom stereocenters. The molecule has 1 fully saturated rings. The van der Waals surface area contributed by atoms with Crippen LogP contribution in [0.15, 0.2) is 54.7 Å². The smallest absolute Gasteiger partial charge is 0.368 e. The van der Waals surface area contributed by atoms with Crippen molar-refractivity contribution in [3.8, 4) is 0 Å². The second kappa shape index (κ2) is 5.84. The van der Waals surface area contributed by atoms with E-state index >= 15 is 0 Å². The van der Waals surface area contributed by atoms with Crippen molar-refractivity contribution in [3.63, 3.8) is 0 Å². The van der Waals surface area contributed by atoms with Crippen LogP contribution in [0.2, 0.25) is 0 Å². The van der Waals surface area contributed by atoms with Gasteiger partial charge in [0.25, 0.3) is 0 Å². The summed E-state index contributed by atoms with van der Waals surface area (Å²) in [6.07, 6.45) is 1.68. The lowest BCUT2D eigenvalue weighted by atomic mass is 10.2. The second-order valence-corrected chi connectivity index (χ2v) is 5.75. The third-order valence-electron chi connectivity index (χ3n) is 4.36. The molecule has 0 amide bonds. The lowest BCUT2D eigenvalue weighted by molar-refractivity contribution is -0.389. The SMILES string of the molecule is O=[N+]([O-])c1c(N2CCN(c3ccccc3)CC2)nc2ccccn12. The van der Waals surface area contributed by atoms with Crippen LogP contribution in [0.4, 0.5) is 17.3 Å². The molecular formula is C17H17N5O2. The molecule has 0 aliphatic carbocycles. The third-order valence-corrected chi connectivity index (χ3v) is 4.36. The number of rotatable bonds is 3. The molecule has 1 aliphatic heterocycles. The van der Waals surface area contributed by atoms with Gasteiger partial charge in [-0.05, 0) is 23.1 Å². The predicted molar refractivity (Wildman–Crippen MR) is 92.7 cm³/mol. The molecule has 0 bridgehead atoms. The van der Waals surface area contributed by atoms with Gasteiger partial charge >= 0.3 is 5.82 Å². The highest BCUT2D eigenvalue weighted by Gasteiger charge is 2.29. The van der Waals surface area contributed by atoms with E-state index in [0.717, 1.165) is 13.1 Å². The Balaban J connectivity index is 1.61. The molecule has 0 saturated carbocycles. The quantitative estimate of drug-likeness (QED) is 0.547. The normalized spacial score (nSPS) is 15.0. The molecule has 7 heteroatoms. The first-order chi connectivity index (χ1) is 11.7. The minimum atomic E-state index is -0.348. The number of hydrogen-bond acceptors (Lipinski definition) is 5. The van der Waals surface area contributed by atoms with E-state index in [9.17, 15) is 10.1 Å². The molecule has 1 aromatic carbocycles. The van der Waals surface area contributed by atoms with Crippen LogP contribution in [-0.2, 0) is 0 Å². The van der Waals surface area contributed by atoms with Gasteiger partial charge in [0.05, 0.1) is 6.20 Å². The van der Waals surface area contributed by atoms with E-state index in [1.165, 1.54) is 5.69 Å². The highest BCUT2D eigenvalue weighted by atomic mass is 16.6. The molecule has 1 aliphatic rings. The highest BCUT2D eigenvalue weighted by molar-refractivity contribution is 5.64. The first kappa shape index (κ1) is 14.5. The topological polar surface area (TPSA) is 66.9 Å². The van der Waals surface area contributed by atoms with Gasteiger partial charge in [-0.1, -0.05) is 24.3 Å². The van der Waals surface area contributed by atoms with Crippen LogP contribution in [0.25, 0.3) is 5.65 Å². The summed E-state index contributed by atoms with van der Waals surface area (Å²) in [6, 6.07) is 15.6. The van der Waals surface area contributed by atoms with E-state index in [4.69, 9.17) is 0 Å². The Hall–Kier alpha value is -3.09. The van der Waals surface area contributed by atoms with E-state index in [-0.39, 0.29) is 10.7 Å². The number of aromatic nitrogens is 2. The van der Waals surface area contributed by atoms with E-state index in [1.807, 2.05) is 29.2 Å². The number of hydrogen-bond donors (Lipinski definition) is 0. The molecule has 3 aromatic rings. The Kier molecular flexibility index (Phi) is 3.53. The zero-order valence-electron chi connectivity index (χ0n) is 13.1. The lowest BCUT2D eigenvalue weighted by Crippen LogP contribution is -2.46. The maximum Gasteiger partial charge on any atom is 0.372 e. The van der Waals surface area contributed by atoms with Crippen molar-refractivity contribution in [1.29, 1.82) is 0 Å². The van der Waals surface area contributed by atoms with E-state index in [0.29, 0.717) is 24.6 Å². The standard InChI is InChI=1S/C17H17N5O2/c23-22(24)17-16(18-15-8-4-5-9-21(15)17)20-12-10-19(11-13-20)14-6-2-1-3-7-14/h1-9H,10-13H2. The Bertz CT molecular complexity index is 869. The minimum absolute atomic E-state index is 0.0405. The number of nitrogens with zero attached hydrogens (tertiary/aromatic N) is 5. The summed E-state index contributed by atoms with van der Waals surface area (Å²) in [5.41, 5.74) is 1.78. The molecule has 3 heterocycles. The molecule has 1 saturated heterocycles. The van der Waals surface area contributed by atoms with Gasteiger partial charge in [0.1, 0.15) is 0 Å². The van der Waals surface area contributed by atoms with Crippen LogP contribution in [0, 0.1) is 10.1 Å². The van der Waals surface area contributed by atoms with Gasteiger partial charge in [0, 0.05) is 37.9 Å². The van der Waals surface area contributed by atoms with Gasteiger partial charge in [-0.3, -0.25) is 0 Å². The Morgan fingerprint density at radius 3 is 2.29 bits per heavy atom. The van der Waals surface area contributed by atoms with Crippen molar-refractivity contribution >= 4 is 23.0 Å². The fourth-order valence-corrected chi connectivity index (χ4v) is 3.17. The van der Waals surface area contributed by atoms with Crippen molar-refractivity contribution in [3.05, 3.63) is 64.8 Å². The van der Waals surface area contributed by atoms with E-state index < -0.39 is 0 Å². The van der Waals surface area contributed by atoms with Crippen molar-refractivity contribution in [1.82, 2.24) is 9.38 Å². The largest absolute Gasteiger partial charge is 0.372 e. The van der Waals surface area contributed by atoms with Crippen LogP contribution >= 0.6 is 0 Å². The zero-order chi connectivity index (χ0) is 16.5. The number of piperazine rings is 1. The maximum atomic E-state index is 11.5. The summed E-state index contributed by atoms with van der Waals surface area (Å²) in [5.74, 6) is 0.498. The number of para-hydroxylation sites is 1. The molecule has 7 nitrogen and oxygen atoms in total. The van der Waals surface area contributed by atoms with Crippen molar-refractivity contribution in [2.24, 2.45) is 0 Å². The Morgan fingerprint density at radius 1 is 0.917 bits per heavy atom. The zero-order valence-corrected chi connectivity index (χ0v) is 13.1. The number of pyridine rings is 1. The number of imidazole rings is 1. The Labute approximate surface area is 138 Å². The van der Waals surface area contributed by atoms with Gasteiger partial charge in [0.15, 0.2) is 0 Å². The second-order valence-electron chi connectivity index (χ2n) is 5.75. The predicted octanol–water partition coefficient (Wildman–Crippen LogP) is 2.57. The minimum Gasteiger partial charge on any atom is -0.368 e. The van der Waals surface area contributed by atoms with Crippen LogP contribution in [-0.4, -0.2) is 40.5 Å². The van der Waals surface area contributed by atoms with E-state index in [1.54, 1.807) is 22.7 Å². The van der Waals surface area contributed by atoms with Gasteiger partial charge < -0.3 is 19.9 Å². The molecular weight excluding hydrogens is 306 g/mol. The van der Waals surface area contributed by atoms with Crippen molar-refractivity contribution in [2.75, 3.05) is 36.0 Å². The number of anilines is 2. The number of fused-ring (bicyclic) bond motifs is 1. The third kappa shape index (κ3) is 2.44. The molecule has 0 radical (unpaired) electrons. The summed E-state index contributed by atoms with van der Waals surface area (Å²) in [6.45, 7) is 3.04. The molecule has 4 rings (SSSR count). The summed E-state index contributed by atoms with van der Waals surface area (Å²) < 4.78 is 1.54. The summed E-state index contributed by atoms with van der Waals surface area (Å²) >= 11 is 0. The fraction of sp³-hybridized carbons (Fsp3) is 0.235. The molecule has 2 aromatic heterocycles. The average Bonchev–Trinajstić information content (AvgIpc) is 3.02. The molecule has 0 spiro atoms. The van der Waals surface area contributed by atoms with Crippen LogP contribution in [0.5, 0.6) is 0 Å². The number of benzene rings is 1. The first-order valence-electron chi connectivity index (χ1n) is 7.90. The van der Waals surface area contributed by atoms with Crippen LogP contribution in [0.1, 0.15) is 0 Å². The van der Waals surface area contributed by atoms with Crippen molar-refractivity contribution < 1.29 is 4.92 Å². The summed E-state index contributed by atoms with van der Waals surface area (Å²) in [5, 5.41) is 11.5. The first-order valence-corrected chi connectivity index (χ1v) is 7.90. The molecule has 122 valence electrons.